The molecule has 1 fully saturated rings. The van der Waals surface area contributed by atoms with Gasteiger partial charge in [-0.3, -0.25) is 38.9 Å². The number of aliphatic hydroxyl groups is 3. The molecular formula is C75H100N12O18. The number of nitrogens with zero attached hydrogens (tertiary/aromatic N) is 5. The third kappa shape index (κ3) is 21.1. The number of carboxylic acids is 2. The van der Waals surface area contributed by atoms with E-state index in [1.807, 2.05) is 116 Å². The highest BCUT2D eigenvalue weighted by molar-refractivity contribution is 6.00. The van der Waals surface area contributed by atoms with Crippen LogP contribution in [-0.2, 0) is 77.7 Å². The minimum Gasteiger partial charge on any atom is -0.479 e. The van der Waals surface area contributed by atoms with Gasteiger partial charge in [-0.05, 0) is 99.0 Å². The molecule has 568 valence electrons. The Bertz CT molecular complexity index is 4000. The standard InChI is InChI=1S/C75H100N12O18/c1-14-55(88)79-38-51(81-57(90)28-19-20-29-58(91)86-39-45-22-15-16-25-49(45)60-59(83-84-87(60)42(4)5)50-26-17-18-27-52(50)86)67(95)77-33-32-56(89)78-37-46-35-44(30-31-54(46)104-72-63(94)61(92)62(93)64(105-72)71(100)101)40-103-73(102)80-48-24-21-23-47(36-48)75(10,11)65(76-12)68(96)82-66(74(7,8)9)69(97)85(13)53(41(2)3)34-43(6)70(98)99/h15-18,21-27,30-31,34-36,41-42,51,53,61-66,72,76,92-94H,14,19-20,28-29,32-33,37-40H2,1-13H3,(H,77,95)(H,78,89)(H,79,88)(H,80,102)(H,81,90)(H,82,96)(H,98,99)(H,100,101)/b43-34+. The predicted molar refractivity (Wildman–Crippen MR) is 387 cm³/mol. The van der Waals surface area contributed by atoms with Gasteiger partial charge in [-0.25, -0.2) is 19.1 Å². The molecule has 0 radical (unpaired) electrons. The minimum atomic E-state index is -2.03. The van der Waals surface area contributed by atoms with Crippen LogP contribution in [0.25, 0.3) is 22.5 Å². The molecule has 0 saturated carbocycles. The maximum absolute atomic E-state index is 14.4. The Morgan fingerprint density at radius 3 is 2.10 bits per heavy atom. The molecule has 8 amide bonds. The largest absolute Gasteiger partial charge is 0.479 e. The highest BCUT2D eigenvalue weighted by Gasteiger charge is 2.49. The topological polar surface area (TPSA) is 421 Å². The highest BCUT2D eigenvalue weighted by Crippen LogP contribution is 2.42. The Labute approximate surface area is 610 Å². The van der Waals surface area contributed by atoms with Gasteiger partial charge in [0.2, 0.25) is 47.6 Å². The van der Waals surface area contributed by atoms with Crippen molar-refractivity contribution in [1.29, 1.82) is 0 Å². The number of para-hydroxylation sites is 1. The lowest BCUT2D eigenvalue weighted by Crippen LogP contribution is -2.61. The molecule has 1 aromatic heterocycles. The van der Waals surface area contributed by atoms with E-state index < -0.39 is 119 Å². The zero-order valence-electron chi connectivity index (χ0n) is 61.6. The molecule has 0 aliphatic carbocycles. The van der Waals surface area contributed by atoms with Gasteiger partial charge in [-0.2, -0.15) is 0 Å². The van der Waals surface area contributed by atoms with Crippen molar-refractivity contribution in [3.05, 3.63) is 125 Å². The molecule has 2 aliphatic rings. The summed E-state index contributed by atoms with van der Waals surface area (Å²) < 4.78 is 18.8. The molecule has 5 aromatic rings. The van der Waals surface area contributed by atoms with Crippen LogP contribution in [0.1, 0.15) is 143 Å². The van der Waals surface area contributed by atoms with E-state index in [9.17, 15) is 73.5 Å². The Morgan fingerprint density at radius 1 is 0.752 bits per heavy atom. The SMILES string of the molecule is CCC(=O)NCC(NC(=O)CCCCC(=O)N1Cc2ccccc2-c2c(nnn2C(C)C)-c2ccccc21)C(=O)NCCC(=O)NCc1cc(COC(=O)Nc2cccc(C(C)(C)C(NC)C(=O)NC(C(=O)N(C)C(/C=C(\C)C(=O)O)C(C)C)C(C)(C)C)c2)ccc1OC1OC(C(=O)O)C(O)C(O)C1O. The van der Waals surface area contributed by atoms with E-state index >= 15 is 0 Å². The van der Waals surface area contributed by atoms with Gasteiger partial charge in [-0.15, -0.1) is 5.10 Å². The van der Waals surface area contributed by atoms with Crippen LogP contribution in [0.2, 0.25) is 0 Å². The first kappa shape index (κ1) is 82.1. The van der Waals surface area contributed by atoms with Crippen LogP contribution in [0, 0.1) is 11.3 Å². The van der Waals surface area contributed by atoms with Crippen molar-refractivity contribution in [2.24, 2.45) is 11.3 Å². The average Bonchev–Trinajstić information content (AvgIpc) is 1.67. The van der Waals surface area contributed by atoms with Crippen molar-refractivity contribution >= 4 is 70.8 Å². The van der Waals surface area contributed by atoms with E-state index in [2.05, 4.69) is 47.5 Å². The summed E-state index contributed by atoms with van der Waals surface area (Å²) in [5.41, 5.74) is 4.39. The van der Waals surface area contributed by atoms with Crippen molar-refractivity contribution in [2.45, 2.75) is 201 Å². The Balaban J connectivity index is 0.968. The summed E-state index contributed by atoms with van der Waals surface area (Å²) in [6.45, 7) is 18.9. The first-order valence-electron chi connectivity index (χ1n) is 35.0. The number of carboxylic acid groups (broad SMARTS) is 2. The first-order chi connectivity index (χ1) is 49.6. The number of carbonyl (C=O) groups is 10. The molecule has 9 atom stereocenters. The molecule has 1 saturated heterocycles. The van der Waals surface area contributed by atoms with Crippen LogP contribution in [0.3, 0.4) is 0 Å². The first-order valence-corrected chi connectivity index (χ1v) is 35.0. The molecular weight excluding hydrogens is 1360 g/mol. The normalized spacial score (nSPS) is 17.7. The summed E-state index contributed by atoms with van der Waals surface area (Å²) in [5.74, 6) is -6.41. The molecule has 2 aliphatic heterocycles. The second kappa shape index (κ2) is 36.5. The van der Waals surface area contributed by atoms with Gasteiger partial charge in [0.1, 0.15) is 48.4 Å². The third-order valence-corrected chi connectivity index (χ3v) is 18.5. The number of hydrogen-bond donors (Lipinski definition) is 12. The molecule has 0 bridgehead atoms. The smallest absolute Gasteiger partial charge is 0.411 e. The second-order valence-electron chi connectivity index (χ2n) is 28.4. The van der Waals surface area contributed by atoms with E-state index in [1.54, 1.807) is 50.2 Å². The Morgan fingerprint density at radius 2 is 1.44 bits per heavy atom. The molecule has 105 heavy (non-hydrogen) atoms. The minimum absolute atomic E-state index is 0.0168. The van der Waals surface area contributed by atoms with Crippen LogP contribution >= 0.6 is 0 Å². The van der Waals surface area contributed by atoms with E-state index in [0.717, 1.165) is 22.4 Å². The van der Waals surface area contributed by atoms with Crippen molar-refractivity contribution in [3.8, 4) is 28.3 Å². The molecule has 9 unspecified atom stereocenters. The number of benzene rings is 4. The van der Waals surface area contributed by atoms with E-state index in [0.29, 0.717) is 28.9 Å². The maximum Gasteiger partial charge on any atom is 0.411 e. The van der Waals surface area contributed by atoms with Crippen molar-refractivity contribution in [3.63, 3.8) is 0 Å². The molecule has 7 rings (SSSR count). The van der Waals surface area contributed by atoms with Gasteiger partial charge in [0.05, 0.1) is 30.0 Å². The van der Waals surface area contributed by atoms with E-state index in [1.165, 1.54) is 36.1 Å². The number of fused-ring (bicyclic) bond motifs is 5. The van der Waals surface area contributed by atoms with Gasteiger partial charge < -0.3 is 81.4 Å². The second-order valence-corrected chi connectivity index (χ2v) is 28.4. The number of likely N-dealkylation sites (N-methyl/N-ethyl adjacent to an activating group) is 2. The molecule has 4 aromatic carbocycles. The number of amides is 8. The number of carbonyl (C=O) groups excluding carboxylic acids is 8. The number of aliphatic hydroxyl groups excluding tert-OH is 3. The summed E-state index contributed by atoms with van der Waals surface area (Å²) >= 11 is 0. The van der Waals surface area contributed by atoms with Crippen LogP contribution in [0.4, 0.5) is 16.2 Å². The number of nitrogens with one attached hydrogen (secondary N) is 7. The zero-order chi connectivity index (χ0) is 77.4. The lowest BCUT2D eigenvalue weighted by molar-refractivity contribution is -0.271. The molecule has 12 N–H and O–H groups in total. The van der Waals surface area contributed by atoms with Crippen LogP contribution in [-0.4, -0.2) is 187 Å². The predicted octanol–water partition coefficient (Wildman–Crippen LogP) is 5.36. The monoisotopic (exact) mass is 1460 g/mol. The fraction of sp³-hybridized carbons (Fsp3) is 0.493. The maximum atomic E-state index is 14.4. The number of ether oxygens (including phenoxy) is 3. The van der Waals surface area contributed by atoms with Crippen LogP contribution in [0.5, 0.6) is 5.75 Å². The molecule has 0 spiro atoms. The fourth-order valence-corrected chi connectivity index (χ4v) is 12.4. The number of aliphatic carboxylic acids is 2. The highest BCUT2D eigenvalue weighted by atomic mass is 16.7. The number of aromatic nitrogens is 3. The lowest BCUT2D eigenvalue weighted by Gasteiger charge is -2.40. The van der Waals surface area contributed by atoms with Gasteiger partial charge in [0.15, 0.2) is 6.10 Å². The number of rotatable bonds is 32. The lowest BCUT2D eigenvalue weighted by atomic mass is 9.76. The zero-order valence-corrected chi connectivity index (χ0v) is 61.6. The van der Waals surface area contributed by atoms with Crippen molar-refractivity contribution in [2.75, 3.05) is 37.4 Å². The van der Waals surface area contributed by atoms with E-state index in [4.69, 9.17) is 14.2 Å². The summed E-state index contributed by atoms with van der Waals surface area (Å²) in [7, 11) is 3.17. The average molecular weight is 1460 g/mol. The molecule has 3 heterocycles. The number of hydrogen-bond acceptors (Lipinski definition) is 19. The van der Waals surface area contributed by atoms with Gasteiger partial charge in [-0.1, -0.05) is 127 Å². The summed E-state index contributed by atoms with van der Waals surface area (Å²) in [4.78, 5) is 136. The summed E-state index contributed by atoms with van der Waals surface area (Å²) in [6.07, 6.45) is -8.89. The Hall–Kier alpha value is -10.1. The molecule has 30 heteroatoms. The summed E-state index contributed by atoms with van der Waals surface area (Å²) in [6, 6.07) is 22.5. The van der Waals surface area contributed by atoms with Gasteiger partial charge in [0, 0.05) is 91.8 Å². The van der Waals surface area contributed by atoms with Gasteiger partial charge >= 0.3 is 18.0 Å². The Kier molecular flexibility index (Phi) is 28.6. The van der Waals surface area contributed by atoms with Crippen molar-refractivity contribution < 1.29 is 87.7 Å². The van der Waals surface area contributed by atoms with E-state index in [-0.39, 0.29) is 105 Å². The van der Waals surface area contributed by atoms with Gasteiger partial charge in [0.25, 0.3) is 0 Å². The molecule has 30 nitrogen and oxygen atoms in total. The summed E-state index contributed by atoms with van der Waals surface area (Å²) in [5, 5.41) is 79.5. The third-order valence-electron chi connectivity index (χ3n) is 18.5. The fourth-order valence-electron chi connectivity index (χ4n) is 12.4. The van der Waals surface area contributed by atoms with Crippen LogP contribution in [0.15, 0.2) is 103 Å². The van der Waals surface area contributed by atoms with Crippen LogP contribution < -0.4 is 46.9 Å². The number of unbranched alkanes of at least 4 members (excludes halogenated alkanes) is 1. The quantitative estimate of drug-likeness (QED) is 0.0190. The number of anilines is 2. The van der Waals surface area contributed by atoms with Crippen molar-refractivity contribution in [1.82, 2.24) is 51.8 Å².